The van der Waals surface area contributed by atoms with Crippen LogP contribution in [0.1, 0.15) is 30.6 Å². The van der Waals surface area contributed by atoms with Gasteiger partial charge in [-0.3, -0.25) is 9.59 Å². The average Bonchev–Trinajstić information content (AvgIpc) is 2.70. The van der Waals surface area contributed by atoms with Crippen LogP contribution in [0, 0.1) is 5.92 Å². The van der Waals surface area contributed by atoms with E-state index in [9.17, 15) is 9.59 Å². The van der Waals surface area contributed by atoms with Crippen LogP contribution in [0.2, 0.25) is 10.0 Å². The number of rotatable bonds is 10. The number of amides is 2. The van der Waals surface area contributed by atoms with E-state index >= 15 is 0 Å². The van der Waals surface area contributed by atoms with Crippen molar-refractivity contribution in [3.05, 3.63) is 58.1 Å². The van der Waals surface area contributed by atoms with Gasteiger partial charge >= 0.3 is 0 Å². The summed E-state index contributed by atoms with van der Waals surface area (Å²) in [7, 11) is 1.60. The van der Waals surface area contributed by atoms with Gasteiger partial charge in [-0.15, -0.1) is 0 Å². The zero-order valence-electron chi connectivity index (χ0n) is 17.2. The van der Waals surface area contributed by atoms with Gasteiger partial charge in [-0.05, 0) is 54.8 Å². The summed E-state index contributed by atoms with van der Waals surface area (Å²) >= 11 is 12.0. The normalized spacial score (nSPS) is 11.7. The molecule has 0 aromatic heterocycles. The number of hydrogen-bond donors (Lipinski definition) is 2. The fourth-order valence-electron chi connectivity index (χ4n) is 2.75. The fourth-order valence-corrected chi connectivity index (χ4v) is 3.25. The van der Waals surface area contributed by atoms with E-state index in [-0.39, 0.29) is 22.4 Å². The van der Waals surface area contributed by atoms with Crippen LogP contribution < -0.4 is 20.1 Å². The Bertz CT molecular complexity index is 857. The molecule has 8 heteroatoms. The summed E-state index contributed by atoms with van der Waals surface area (Å²) < 4.78 is 10.7. The largest absolute Gasteiger partial charge is 0.497 e. The topological polar surface area (TPSA) is 76.7 Å². The zero-order chi connectivity index (χ0) is 22.1. The molecule has 0 aliphatic rings. The zero-order valence-corrected chi connectivity index (χ0v) is 18.7. The fraction of sp³-hybridized carbons (Fsp3) is 0.364. The van der Waals surface area contributed by atoms with Gasteiger partial charge in [-0.2, -0.15) is 0 Å². The molecule has 0 aliphatic carbocycles. The number of ether oxygens (including phenoxy) is 2. The van der Waals surface area contributed by atoms with E-state index in [0.717, 1.165) is 5.75 Å². The van der Waals surface area contributed by atoms with Crippen molar-refractivity contribution in [3.63, 3.8) is 0 Å². The Kier molecular flexibility index (Phi) is 9.27. The van der Waals surface area contributed by atoms with Crippen molar-refractivity contribution in [3.8, 4) is 11.5 Å². The SMILES string of the molecule is COc1ccc(OCCNC(=O)C(CC(C)C)NC(=O)c2ccc(Cl)cc2Cl)cc1. The Morgan fingerprint density at radius 1 is 1.03 bits per heavy atom. The molecule has 2 amide bonds. The van der Waals surface area contributed by atoms with E-state index in [1.54, 1.807) is 37.4 Å². The Labute approximate surface area is 186 Å². The van der Waals surface area contributed by atoms with Crippen molar-refractivity contribution in [2.24, 2.45) is 5.92 Å². The lowest BCUT2D eigenvalue weighted by Crippen LogP contribution is -2.48. The molecule has 0 saturated heterocycles. The minimum absolute atomic E-state index is 0.206. The van der Waals surface area contributed by atoms with Gasteiger partial charge in [0.2, 0.25) is 5.91 Å². The molecule has 0 bridgehead atoms. The summed E-state index contributed by atoms with van der Waals surface area (Å²) in [6, 6.07) is 11.1. The number of nitrogens with one attached hydrogen (secondary N) is 2. The molecular weight excluding hydrogens is 427 g/mol. The molecule has 0 fully saturated rings. The quantitative estimate of drug-likeness (QED) is 0.525. The van der Waals surface area contributed by atoms with Crippen molar-refractivity contribution in [1.29, 1.82) is 0 Å². The van der Waals surface area contributed by atoms with Gasteiger partial charge in [0.25, 0.3) is 5.91 Å². The van der Waals surface area contributed by atoms with Gasteiger partial charge < -0.3 is 20.1 Å². The van der Waals surface area contributed by atoms with Crippen LogP contribution in [-0.4, -0.2) is 38.1 Å². The maximum absolute atomic E-state index is 12.6. The highest BCUT2D eigenvalue weighted by atomic mass is 35.5. The molecule has 1 unspecified atom stereocenters. The second-order valence-corrected chi connectivity index (χ2v) is 7.94. The maximum atomic E-state index is 12.6. The molecular formula is C22H26Cl2N2O4. The van der Waals surface area contributed by atoms with E-state index in [2.05, 4.69) is 10.6 Å². The molecule has 0 radical (unpaired) electrons. The number of benzene rings is 2. The van der Waals surface area contributed by atoms with Crippen molar-refractivity contribution < 1.29 is 19.1 Å². The molecule has 2 rings (SSSR count). The van der Waals surface area contributed by atoms with Gasteiger partial charge in [-0.1, -0.05) is 37.0 Å². The predicted molar refractivity (Wildman–Crippen MR) is 119 cm³/mol. The molecule has 2 N–H and O–H groups in total. The summed E-state index contributed by atoms with van der Waals surface area (Å²) in [5.74, 6) is 0.919. The van der Waals surface area contributed by atoms with Crippen molar-refractivity contribution >= 4 is 35.0 Å². The van der Waals surface area contributed by atoms with Gasteiger partial charge in [0.1, 0.15) is 24.1 Å². The smallest absolute Gasteiger partial charge is 0.253 e. The van der Waals surface area contributed by atoms with E-state index in [4.69, 9.17) is 32.7 Å². The lowest BCUT2D eigenvalue weighted by Gasteiger charge is -2.20. The first-order chi connectivity index (χ1) is 14.3. The summed E-state index contributed by atoms with van der Waals surface area (Å²) in [6.07, 6.45) is 0.488. The lowest BCUT2D eigenvalue weighted by molar-refractivity contribution is -0.123. The Balaban J connectivity index is 1.89. The van der Waals surface area contributed by atoms with Crippen molar-refractivity contribution in [2.45, 2.75) is 26.3 Å². The molecule has 2 aromatic rings. The van der Waals surface area contributed by atoms with Gasteiger partial charge in [0.15, 0.2) is 0 Å². The van der Waals surface area contributed by atoms with Crippen LogP contribution in [0.4, 0.5) is 0 Å². The minimum atomic E-state index is -0.690. The van der Waals surface area contributed by atoms with Crippen molar-refractivity contribution in [2.75, 3.05) is 20.3 Å². The molecule has 30 heavy (non-hydrogen) atoms. The summed E-state index contributed by atoms with van der Waals surface area (Å²) in [5, 5.41) is 6.23. The van der Waals surface area contributed by atoms with Gasteiger partial charge in [0, 0.05) is 5.02 Å². The summed E-state index contributed by atoms with van der Waals surface area (Å²) in [6.45, 7) is 4.56. The highest BCUT2D eigenvalue weighted by Gasteiger charge is 2.23. The van der Waals surface area contributed by atoms with Crippen LogP contribution in [0.15, 0.2) is 42.5 Å². The standard InChI is InChI=1S/C22H26Cl2N2O4/c1-14(2)12-20(26-21(27)18-9-4-15(23)13-19(18)24)22(28)25-10-11-30-17-7-5-16(29-3)6-8-17/h4-9,13-14,20H,10-12H2,1-3H3,(H,25,28)(H,26,27). The van der Waals surface area contributed by atoms with Crippen molar-refractivity contribution in [1.82, 2.24) is 10.6 Å². The minimum Gasteiger partial charge on any atom is -0.497 e. The van der Waals surface area contributed by atoms with E-state index in [1.165, 1.54) is 12.1 Å². The molecule has 0 aliphatic heterocycles. The van der Waals surface area contributed by atoms with Crippen LogP contribution in [0.25, 0.3) is 0 Å². The van der Waals surface area contributed by atoms with E-state index in [0.29, 0.717) is 30.3 Å². The third kappa shape index (κ3) is 7.43. The first-order valence-corrected chi connectivity index (χ1v) is 10.4. The molecule has 0 saturated carbocycles. The second-order valence-electron chi connectivity index (χ2n) is 7.09. The summed E-state index contributed by atoms with van der Waals surface area (Å²) in [4.78, 5) is 25.2. The Hall–Kier alpha value is -2.44. The first-order valence-electron chi connectivity index (χ1n) is 9.60. The molecule has 2 aromatic carbocycles. The van der Waals surface area contributed by atoms with Crippen LogP contribution in [0.5, 0.6) is 11.5 Å². The van der Waals surface area contributed by atoms with Gasteiger partial charge in [-0.25, -0.2) is 0 Å². The average molecular weight is 453 g/mol. The van der Waals surface area contributed by atoms with E-state index < -0.39 is 11.9 Å². The molecule has 6 nitrogen and oxygen atoms in total. The Morgan fingerprint density at radius 3 is 2.30 bits per heavy atom. The first kappa shape index (κ1) is 23.8. The van der Waals surface area contributed by atoms with E-state index in [1.807, 2.05) is 13.8 Å². The highest BCUT2D eigenvalue weighted by molar-refractivity contribution is 6.36. The predicted octanol–water partition coefficient (Wildman–Crippen LogP) is 4.34. The number of hydrogen-bond acceptors (Lipinski definition) is 4. The monoisotopic (exact) mass is 452 g/mol. The Morgan fingerprint density at radius 2 is 1.70 bits per heavy atom. The molecule has 1 atom stereocenters. The number of carbonyl (C=O) groups is 2. The molecule has 0 heterocycles. The molecule has 0 spiro atoms. The van der Waals surface area contributed by atoms with Crippen LogP contribution in [0.3, 0.4) is 0 Å². The third-order valence-electron chi connectivity index (χ3n) is 4.23. The molecule has 162 valence electrons. The number of methoxy groups -OCH3 is 1. The highest BCUT2D eigenvalue weighted by Crippen LogP contribution is 2.21. The van der Waals surface area contributed by atoms with Crippen LogP contribution >= 0.6 is 23.2 Å². The third-order valence-corrected chi connectivity index (χ3v) is 4.78. The second kappa shape index (κ2) is 11.7. The summed E-state index contributed by atoms with van der Waals surface area (Å²) in [5.41, 5.74) is 0.269. The lowest BCUT2D eigenvalue weighted by atomic mass is 10.0. The van der Waals surface area contributed by atoms with Gasteiger partial charge in [0.05, 0.1) is 24.2 Å². The maximum Gasteiger partial charge on any atom is 0.253 e. The number of carbonyl (C=O) groups excluding carboxylic acids is 2. The number of halogens is 2. The van der Waals surface area contributed by atoms with Crippen LogP contribution in [-0.2, 0) is 4.79 Å².